The van der Waals surface area contributed by atoms with Crippen molar-refractivity contribution in [3.05, 3.63) is 36.0 Å². The first-order valence-corrected chi connectivity index (χ1v) is 13.6. The Balaban J connectivity index is 1.29. The normalized spacial score (nSPS) is 19.2. The van der Waals surface area contributed by atoms with E-state index >= 15 is 0 Å². The highest BCUT2D eigenvalue weighted by atomic mass is 16.5. The van der Waals surface area contributed by atoms with Crippen molar-refractivity contribution >= 4 is 35.3 Å². The molecule has 3 fully saturated rings. The van der Waals surface area contributed by atoms with E-state index in [0.717, 1.165) is 22.6 Å². The molecule has 0 unspecified atom stereocenters. The second-order valence-electron chi connectivity index (χ2n) is 10.2. The fourth-order valence-corrected chi connectivity index (χ4v) is 4.87. The lowest BCUT2D eigenvalue weighted by Crippen LogP contribution is -2.51. The third-order valence-corrected chi connectivity index (χ3v) is 7.24. The molecule has 1 aromatic heterocycles. The highest BCUT2D eigenvalue weighted by Gasteiger charge is 2.46. The molecule has 1 atom stereocenters. The predicted octanol–water partition coefficient (Wildman–Crippen LogP) is 0.992. The van der Waals surface area contributed by atoms with Gasteiger partial charge in [-0.2, -0.15) is 4.98 Å². The van der Waals surface area contributed by atoms with Crippen LogP contribution in [0.4, 0.5) is 10.5 Å². The summed E-state index contributed by atoms with van der Waals surface area (Å²) in [6.45, 7) is 2.97. The van der Waals surface area contributed by atoms with E-state index in [-0.39, 0.29) is 55.5 Å². The van der Waals surface area contributed by atoms with Crippen LogP contribution in [-0.4, -0.2) is 100 Å². The monoisotopic (exact) mass is 568 g/mol. The Morgan fingerprint density at radius 3 is 2.61 bits per heavy atom. The SMILES string of the molecule is CCC(=O)N1CCO[C@@H](CN(C(=O)Cc2noc(CN3C(=O)C(=O)N(CC4CC4)C3=O)n2)c2ccccc2OC)C1. The Labute approximate surface area is 236 Å². The quantitative estimate of drug-likeness (QED) is 0.283. The number of rotatable bonds is 11. The first kappa shape index (κ1) is 28.2. The van der Waals surface area contributed by atoms with Crippen molar-refractivity contribution in [3.63, 3.8) is 0 Å². The maximum atomic E-state index is 13.6. The van der Waals surface area contributed by atoms with Gasteiger partial charge >= 0.3 is 17.8 Å². The number of anilines is 1. The standard InChI is InChI=1S/C27H32N6O8/c1-3-23(34)30-10-11-40-18(14-30)15-31(19-6-4-5-7-20(19)39-2)24(35)12-21-28-22(41-29-21)16-33-26(37)25(36)32(27(33)38)13-17-8-9-17/h4-7,17-18H,3,8-16H2,1-2H3/t18-/m1/s1. The fraction of sp³-hybridized carbons (Fsp3) is 0.519. The average Bonchev–Trinajstić information content (AvgIpc) is 3.68. The Morgan fingerprint density at radius 2 is 1.88 bits per heavy atom. The number of hydrogen-bond acceptors (Lipinski definition) is 10. The number of urea groups is 1. The molecule has 1 aromatic carbocycles. The second-order valence-corrected chi connectivity index (χ2v) is 10.2. The molecular weight excluding hydrogens is 536 g/mol. The number of methoxy groups -OCH3 is 1. The molecule has 0 spiro atoms. The van der Waals surface area contributed by atoms with Crippen LogP contribution >= 0.6 is 0 Å². The first-order valence-electron chi connectivity index (χ1n) is 13.6. The summed E-state index contributed by atoms with van der Waals surface area (Å²) >= 11 is 0. The maximum Gasteiger partial charge on any atom is 0.334 e. The summed E-state index contributed by atoms with van der Waals surface area (Å²) in [7, 11) is 1.50. The third kappa shape index (κ3) is 6.21. The number of para-hydroxylation sites is 2. The van der Waals surface area contributed by atoms with E-state index in [9.17, 15) is 24.0 Å². The zero-order chi connectivity index (χ0) is 29.1. The second kappa shape index (κ2) is 12.0. The number of benzene rings is 1. The van der Waals surface area contributed by atoms with Gasteiger partial charge in [-0.25, -0.2) is 9.69 Å². The van der Waals surface area contributed by atoms with Gasteiger partial charge in [0.1, 0.15) is 12.3 Å². The van der Waals surface area contributed by atoms with Crippen molar-refractivity contribution in [1.29, 1.82) is 0 Å². The third-order valence-electron chi connectivity index (χ3n) is 7.24. The van der Waals surface area contributed by atoms with Crippen LogP contribution in [0.5, 0.6) is 5.75 Å². The summed E-state index contributed by atoms with van der Waals surface area (Å²) in [6, 6.07) is 6.32. The highest BCUT2D eigenvalue weighted by Crippen LogP contribution is 2.32. The van der Waals surface area contributed by atoms with Gasteiger partial charge in [0.25, 0.3) is 0 Å². The molecule has 218 valence electrons. The van der Waals surface area contributed by atoms with E-state index in [4.69, 9.17) is 14.0 Å². The van der Waals surface area contributed by atoms with E-state index in [1.807, 2.05) is 0 Å². The van der Waals surface area contributed by atoms with Crippen LogP contribution in [0.2, 0.25) is 0 Å². The van der Waals surface area contributed by atoms with Crippen molar-refractivity contribution in [2.75, 3.05) is 44.8 Å². The minimum atomic E-state index is -0.947. The molecule has 2 saturated heterocycles. The van der Waals surface area contributed by atoms with Gasteiger partial charge in [0.2, 0.25) is 17.7 Å². The molecule has 14 nitrogen and oxygen atoms in total. The molecule has 3 heterocycles. The van der Waals surface area contributed by atoms with Gasteiger partial charge in [-0.1, -0.05) is 24.2 Å². The van der Waals surface area contributed by atoms with Gasteiger partial charge in [-0.3, -0.25) is 24.1 Å². The fourth-order valence-electron chi connectivity index (χ4n) is 4.87. The Hall–Kier alpha value is -4.33. The van der Waals surface area contributed by atoms with Crippen LogP contribution < -0.4 is 9.64 Å². The highest BCUT2D eigenvalue weighted by molar-refractivity contribution is 6.44. The zero-order valence-corrected chi connectivity index (χ0v) is 23.0. The number of nitrogens with zero attached hydrogens (tertiary/aromatic N) is 6. The Morgan fingerprint density at radius 1 is 1.12 bits per heavy atom. The smallest absolute Gasteiger partial charge is 0.334 e. The van der Waals surface area contributed by atoms with Crippen LogP contribution in [0.3, 0.4) is 0 Å². The van der Waals surface area contributed by atoms with Gasteiger partial charge in [0, 0.05) is 26.1 Å². The molecule has 2 aromatic rings. The van der Waals surface area contributed by atoms with Gasteiger partial charge in [-0.05, 0) is 30.9 Å². The summed E-state index contributed by atoms with van der Waals surface area (Å²) in [5.74, 6) is -1.52. The number of amides is 6. The average molecular weight is 569 g/mol. The molecule has 0 N–H and O–H groups in total. The van der Waals surface area contributed by atoms with Crippen LogP contribution in [0.25, 0.3) is 0 Å². The van der Waals surface area contributed by atoms with E-state index in [2.05, 4.69) is 10.1 Å². The molecule has 2 aliphatic heterocycles. The van der Waals surface area contributed by atoms with Crippen LogP contribution in [-0.2, 0) is 36.9 Å². The minimum Gasteiger partial charge on any atom is -0.495 e. The summed E-state index contributed by atoms with van der Waals surface area (Å²) in [5.41, 5.74) is 0.508. The number of carbonyl (C=O) groups is 5. The van der Waals surface area contributed by atoms with E-state index in [1.54, 1.807) is 36.1 Å². The molecule has 1 aliphatic carbocycles. The predicted molar refractivity (Wildman–Crippen MR) is 140 cm³/mol. The van der Waals surface area contributed by atoms with E-state index in [1.165, 1.54) is 12.0 Å². The molecule has 14 heteroatoms. The zero-order valence-electron chi connectivity index (χ0n) is 23.0. The summed E-state index contributed by atoms with van der Waals surface area (Å²) in [6.07, 6.45) is 1.52. The summed E-state index contributed by atoms with van der Waals surface area (Å²) in [4.78, 5) is 72.4. The number of morpholine rings is 1. The molecule has 3 aliphatic rings. The van der Waals surface area contributed by atoms with Gasteiger partial charge in [0.05, 0.1) is 38.5 Å². The van der Waals surface area contributed by atoms with E-state index in [0.29, 0.717) is 37.6 Å². The lowest BCUT2D eigenvalue weighted by Gasteiger charge is -2.36. The van der Waals surface area contributed by atoms with Crippen LogP contribution in [0.15, 0.2) is 28.8 Å². The van der Waals surface area contributed by atoms with Crippen LogP contribution in [0.1, 0.15) is 37.9 Å². The number of imide groups is 2. The topological polar surface area (TPSA) is 156 Å². The maximum absolute atomic E-state index is 13.6. The van der Waals surface area contributed by atoms with Crippen molar-refractivity contribution in [3.8, 4) is 5.75 Å². The molecule has 6 amide bonds. The number of ether oxygens (including phenoxy) is 2. The van der Waals surface area contributed by atoms with Crippen molar-refractivity contribution in [2.24, 2.45) is 5.92 Å². The molecule has 0 radical (unpaired) electrons. The molecule has 41 heavy (non-hydrogen) atoms. The molecule has 0 bridgehead atoms. The lowest BCUT2D eigenvalue weighted by atomic mass is 10.2. The van der Waals surface area contributed by atoms with Gasteiger partial charge < -0.3 is 23.8 Å². The van der Waals surface area contributed by atoms with Crippen molar-refractivity contribution in [1.82, 2.24) is 24.8 Å². The van der Waals surface area contributed by atoms with E-state index < -0.39 is 23.9 Å². The van der Waals surface area contributed by atoms with Crippen molar-refractivity contribution < 1.29 is 38.0 Å². The Kier molecular flexibility index (Phi) is 8.28. The van der Waals surface area contributed by atoms with Crippen LogP contribution in [0, 0.1) is 5.92 Å². The summed E-state index contributed by atoms with van der Waals surface area (Å²) < 4.78 is 16.6. The number of hydrogen-bond donors (Lipinski definition) is 0. The lowest BCUT2D eigenvalue weighted by molar-refractivity contribution is -0.143. The van der Waals surface area contributed by atoms with Gasteiger partial charge in [0.15, 0.2) is 5.82 Å². The minimum absolute atomic E-state index is 0.0140. The summed E-state index contributed by atoms with van der Waals surface area (Å²) in [5, 5.41) is 3.86. The van der Waals surface area contributed by atoms with Gasteiger partial charge in [-0.15, -0.1) is 0 Å². The first-order chi connectivity index (χ1) is 19.8. The number of carbonyl (C=O) groups excluding carboxylic acids is 5. The molecule has 1 saturated carbocycles. The molecule has 5 rings (SSSR count). The number of aromatic nitrogens is 2. The van der Waals surface area contributed by atoms with Crippen molar-refractivity contribution in [2.45, 2.75) is 45.3 Å². The molecular formula is C27H32N6O8. The largest absolute Gasteiger partial charge is 0.495 e. The Bertz CT molecular complexity index is 1340.